The number of ether oxygens (including phenoxy) is 1. The normalized spacial score (nSPS) is 10.3. The standard InChI is InChI=1S/C16H21ClN4O2/c1-2-3-9-18-14-13(20-16(17)21-14)15(22)19-10-11-23-12-7-5-4-6-8-12/h4-8,18H,2-3,9-11H2,1H3,(H,19,22)(H,20,21). The lowest BCUT2D eigenvalue weighted by molar-refractivity contribution is 0.0943. The van der Waals surface area contributed by atoms with Crippen LogP contribution in [0.25, 0.3) is 0 Å². The van der Waals surface area contributed by atoms with Crippen molar-refractivity contribution in [3.8, 4) is 5.75 Å². The number of imidazole rings is 1. The van der Waals surface area contributed by atoms with Crippen molar-refractivity contribution in [1.29, 1.82) is 0 Å². The fraction of sp³-hybridized carbons (Fsp3) is 0.375. The Bertz CT molecular complexity index is 616. The summed E-state index contributed by atoms with van der Waals surface area (Å²) < 4.78 is 5.52. The molecule has 1 aromatic heterocycles. The molecular weight excluding hydrogens is 316 g/mol. The average molecular weight is 337 g/mol. The molecule has 2 rings (SSSR count). The minimum absolute atomic E-state index is 0.190. The lowest BCUT2D eigenvalue weighted by atomic mass is 10.3. The predicted molar refractivity (Wildman–Crippen MR) is 91.3 cm³/mol. The summed E-state index contributed by atoms with van der Waals surface area (Å²) in [5.41, 5.74) is 0.339. The van der Waals surface area contributed by atoms with Gasteiger partial charge in [-0.05, 0) is 30.2 Å². The van der Waals surface area contributed by atoms with Crippen molar-refractivity contribution < 1.29 is 9.53 Å². The monoisotopic (exact) mass is 336 g/mol. The molecule has 0 saturated heterocycles. The van der Waals surface area contributed by atoms with Crippen molar-refractivity contribution in [3.63, 3.8) is 0 Å². The van der Waals surface area contributed by atoms with Gasteiger partial charge in [-0.15, -0.1) is 0 Å². The minimum Gasteiger partial charge on any atom is -0.492 e. The number of aromatic nitrogens is 2. The molecule has 1 heterocycles. The van der Waals surface area contributed by atoms with Gasteiger partial charge in [-0.2, -0.15) is 0 Å². The number of nitrogens with one attached hydrogen (secondary N) is 3. The second kappa shape index (κ2) is 9.05. The lowest BCUT2D eigenvalue weighted by Gasteiger charge is -2.08. The van der Waals surface area contributed by atoms with Gasteiger partial charge in [-0.3, -0.25) is 4.79 Å². The van der Waals surface area contributed by atoms with Gasteiger partial charge < -0.3 is 20.4 Å². The molecule has 0 radical (unpaired) electrons. The van der Waals surface area contributed by atoms with Gasteiger partial charge in [0.25, 0.3) is 5.91 Å². The highest BCUT2D eigenvalue weighted by Crippen LogP contribution is 2.15. The number of hydrogen-bond acceptors (Lipinski definition) is 4. The van der Waals surface area contributed by atoms with Gasteiger partial charge in [0.2, 0.25) is 5.28 Å². The maximum Gasteiger partial charge on any atom is 0.271 e. The van der Waals surface area contributed by atoms with Crippen LogP contribution >= 0.6 is 11.6 Å². The molecular formula is C16H21ClN4O2. The Morgan fingerprint density at radius 3 is 2.83 bits per heavy atom. The van der Waals surface area contributed by atoms with Gasteiger partial charge in [0.05, 0.1) is 6.54 Å². The summed E-state index contributed by atoms with van der Waals surface area (Å²) in [7, 11) is 0. The summed E-state index contributed by atoms with van der Waals surface area (Å²) in [5.74, 6) is 0.984. The number of nitrogens with zero attached hydrogens (tertiary/aromatic N) is 1. The van der Waals surface area contributed by atoms with E-state index in [4.69, 9.17) is 16.3 Å². The Labute approximate surface area is 140 Å². The largest absolute Gasteiger partial charge is 0.492 e. The van der Waals surface area contributed by atoms with Crippen molar-refractivity contribution >= 4 is 23.3 Å². The summed E-state index contributed by atoms with van der Waals surface area (Å²) >= 11 is 5.85. The summed E-state index contributed by atoms with van der Waals surface area (Å²) in [6.45, 7) is 3.61. The van der Waals surface area contributed by atoms with Gasteiger partial charge in [0.15, 0.2) is 5.82 Å². The maximum atomic E-state index is 12.2. The van der Waals surface area contributed by atoms with Crippen molar-refractivity contribution in [1.82, 2.24) is 15.3 Å². The number of anilines is 1. The van der Waals surface area contributed by atoms with Crippen molar-refractivity contribution in [2.75, 3.05) is 25.0 Å². The van der Waals surface area contributed by atoms with E-state index in [0.717, 1.165) is 25.1 Å². The highest BCUT2D eigenvalue weighted by Gasteiger charge is 2.16. The smallest absolute Gasteiger partial charge is 0.271 e. The SMILES string of the molecule is CCCCNc1nc(Cl)[nH]c1C(=O)NCCOc1ccccc1. The van der Waals surface area contributed by atoms with E-state index in [0.29, 0.717) is 24.7 Å². The zero-order valence-electron chi connectivity index (χ0n) is 13.1. The number of carbonyl (C=O) groups is 1. The van der Waals surface area contributed by atoms with Gasteiger partial charge in [-0.1, -0.05) is 31.5 Å². The molecule has 3 N–H and O–H groups in total. The van der Waals surface area contributed by atoms with Crippen LogP contribution in [-0.4, -0.2) is 35.6 Å². The molecule has 0 aliphatic heterocycles. The molecule has 1 aromatic carbocycles. The summed E-state index contributed by atoms with van der Waals surface area (Å²) in [6, 6.07) is 9.45. The van der Waals surface area contributed by atoms with E-state index in [2.05, 4.69) is 27.5 Å². The van der Waals surface area contributed by atoms with Gasteiger partial charge in [0.1, 0.15) is 18.1 Å². The average Bonchev–Trinajstić information content (AvgIpc) is 2.93. The number of H-pyrrole nitrogens is 1. The Hall–Kier alpha value is -2.21. The number of amides is 1. The minimum atomic E-state index is -0.264. The first-order valence-electron chi connectivity index (χ1n) is 7.66. The Morgan fingerprint density at radius 2 is 2.09 bits per heavy atom. The number of benzene rings is 1. The highest BCUT2D eigenvalue weighted by molar-refractivity contribution is 6.28. The molecule has 23 heavy (non-hydrogen) atoms. The number of carbonyl (C=O) groups excluding carboxylic acids is 1. The summed E-state index contributed by atoms with van der Waals surface area (Å²) in [4.78, 5) is 19.0. The molecule has 0 unspecified atom stereocenters. The Kier molecular flexibility index (Phi) is 6.75. The number of aromatic amines is 1. The molecule has 7 heteroatoms. The third-order valence-electron chi connectivity index (χ3n) is 3.12. The molecule has 0 spiro atoms. The first-order chi connectivity index (χ1) is 11.2. The van der Waals surface area contributed by atoms with E-state index in [-0.39, 0.29) is 11.2 Å². The molecule has 6 nitrogen and oxygen atoms in total. The van der Waals surface area contributed by atoms with Crippen LogP contribution in [0.1, 0.15) is 30.3 Å². The first-order valence-corrected chi connectivity index (χ1v) is 8.04. The van der Waals surface area contributed by atoms with Crippen LogP contribution in [0.5, 0.6) is 5.75 Å². The van der Waals surface area contributed by atoms with Crippen LogP contribution in [0.15, 0.2) is 30.3 Å². The van der Waals surface area contributed by atoms with E-state index in [9.17, 15) is 4.79 Å². The van der Waals surface area contributed by atoms with Gasteiger partial charge in [-0.25, -0.2) is 4.98 Å². The summed E-state index contributed by atoms with van der Waals surface area (Å²) in [5, 5.41) is 6.08. The number of hydrogen-bond donors (Lipinski definition) is 3. The third-order valence-corrected chi connectivity index (χ3v) is 3.30. The molecule has 2 aromatic rings. The van der Waals surface area contributed by atoms with Gasteiger partial charge in [0, 0.05) is 6.54 Å². The fourth-order valence-corrected chi connectivity index (χ4v) is 2.14. The summed E-state index contributed by atoms with van der Waals surface area (Å²) in [6.07, 6.45) is 2.06. The topological polar surface area (TPSA) is 79.0 Å². The van der Waals surface area contributed by atoms with E-state index in [1.54, 1.807) is 0 Å². The molecule has 124 valence electrons. The van der Waals surface area contributed by atoms with E-state index in [1.807, 2.05) is 30.3 Å². The van der Waals surface area contributed by atoms with E-state index >= 15 is 0 Å². The molecule has 0 fully saturated rings. The molecule has 0 saturated carbocycles. The quantitative estimate of drug-likeness (QED) is 0.615. The second-order valence-corrected chi connectivity index (χ2v) is 5.31. The molecule has 0 aliphatic carbocycles. The van der Waals surface area contributed by atoms with Crippen LogP contribution in [0.4, 0.5) is 5.82 Å². The Balaban J connectivity index is 1.80. The van der Waals surface area contributed by atoms with Crippen LogP contribution in [0.3, 0.4) is 0 Å². The lowest BCUT2D eigenvalue weighted by Crippen LogP contribution is -2.29. The van der Waals surface area contributed by atoms with Crippen LogP contribution < -0.4 is 15.4 Å². The molecule has 0 atom stereocenters. The Morgan fingerprint density at radius 1 is 1.30 bits per heavy atom. The highest BCUT2D eigenvalue weighted by atomic mass is 35.5. The van der Waals surface area contributed by atoms with E-state index in [1.165, 1.54) is 0 Å². The zero-order valence-corrected chi connectivity index (χ0v) is 13.8. The number of halogens is 1. The third kappa shape index (κ3) is 5.49. The maximum absolute atomic E-state index is 12.2. The molecule has 1 amide bonds. The first kappa shape index (κ1) is 17.1. The van der Waals surface area contributed by atoms with E-state index < -0.39 is 0 Å². The predicted octanol–water partition coefficient (Wildman–Crippen LogP) is 3.08. The number of rotatable bonds is 9. The molecule has 0 bridgehead atoms. The second-order valence-electron chi connectivity index (χ2n) is 4.95. The van der Waals surface area contributed by atoms with Crippen LogP contribution in [0.2, 0.25) is 5.28 Å². The van der Waals surface area contributed by atoms with Crippen molar-refractivity contribution in [2.45, 2.75) is 19.8 Å². The fourth-order valence-electron chi connectivity index (χ4n) is 1.96. The number of para-hydroxylation sites is 1. The zero-order chi connectivity index (χ0) is 16.5. The van der Waals surface area contributed by atoms with Crippen molar-refractivity contribution in [2.24, 2.45) is 0 Å². The van der Waals surface area contributed by atoms with Crippen molar-refractivity contribution in [3.05, 3.63) is 41.3 Å². The van der Waals surface area contributed by atoms with Gasteiger partial charge >= 0.3 is 0 Å². The van der Waals surface area contributed by atoms with Crippen LogP contribution in [0, 0.1) is 0 Å². The van der Waals surface area contributed by atoms with Crippen LogP contribution in [-0.2, 0) is 0 Å². The number of unbranched alkanes of at least 4 members (excludes halogenated alkanes) is 1. The molecule has 0 aliphatic rings.